The van der Waals surface area contributed by atoms with Crippen LogP contribution in [0.5, 0.6) is 0 Å². The Morgan fingerprint density at radius 3 is 2.43 bits per heavy atom. The first-order chi connectivity index (χ1) is 13.2. The molecule has 3 N–H and O–H groups in total. The molecule has 5 nitrogen and oxygen atoms in total. The fourth-order valence-electron chi connectivity index (χ4n) is 8.83. The van der Waals surface area contributed by atoms with Crippen LogP contribution in [0, 0.1) is 40.4 Å². The number of rotatable bonds is 1. The van der Waals surface area contributed by atoms with Gasteiger partial charge in [-0.3, -0.25) is 4.79 Å². The summed E-state index contributed by atoms with van der Waals surface area (Å²) in [4.78, 5) is 11.7. The van der Waals surface area contributed by atoms with Gasteiger partial charge in [-0.2, -0.15) is 0 Å². The molecule has 0 bridgehead atoms. The summed E-state index contributed by atoms with van der Waals surface area (Å²) in [6, 6.07) is 0. The molecule has 5 fully saturated rings. The molecule has 0 spiro atoms. The van der Waals surface area contributed by atoms with E-state index >= 15 is 0 Å². The van der Waals surface area contributed by atoms with E-state index in [4.69, 9.17) is 4.74 Å². The number of ether oxygens (including phenoxy) is 1. The molecular formula is C23H36O5. The Kier molecular flexibility index (Phi) is 4.26. The second-order valence-electron chi connectivity index (χ2n) is 11.2. The Morgan fingerprint density at radius 2 is 1.71 bits per heavy atom. The third-order valence-corrected chi connectivity index (χ3v) is 10.4. The third-order valence-electron chi connectivity index (χ3n) is 10.4. The monoisotopic (exact) mass is 392 g/mol. The summed E-state index contributed by atoms with van der Waals surface area (Å²) in [6.45, 7) is 5.11. The number of esters is 1. The van der Waals surface area contributed by atoms with Gasteiger partial charge < -0.3 is 20.1 Å². The normalized spacial score (nSPS) is 58.6. The van der Waals surface area contributed by atoms with Gasteiger partial charge in [-0.25, -0.2) is 0 Å². The molecule has 1 heterocycles. The summed E-state index contributed by atoms with van der Waals surface area (Å²) in [6.07, 6.45) is 6.56. The van der Waals surface area contributed by atoms with Gasteiger partial charge in [0.2, 0.25) is 0 Å². The van der Waals surface area contributed by atoms with Gasteiger partial charge in [0.1, 0.15) is 0 Å². The van der Waals surface area contributed by atoms with E-state index in [-0.39, 0.29) is 28.6 Å². The van der Waals surface area contributed by atoms with Crippen LogP contribution < -0.4 is 0 Å². The molecule has 0 aromatic heterocycles. The van der Waals surface area contributed by atoms with Crippen molar-refractivity contribution in [1.29, 1.82) is 0 Å². The number of carbonyl (C=O) groups is 1. The number of cyclic esters (lactones) is 1. The SMILES string of the molecule is CC12CC(O)C(O)CC1CCC1C2CCC2(C)C(C3COC(=O)C3)CCC12O. The van der Waals surface area contributed by atoms with E-state index in [1.54, 1.807) is 0 Å². The lowest BCUT2D eigenvalue weighted by Crippen LogP contribution is -2.63. The predicted octanol–water partition coefficient (Wildman–Crippen LogP) is 2.66. The minimum atomic E-state index is -0.679. The molecule has 4 saturated carbocycles. The first kappa shape index (κ1) is 19.3. The molecule has 0 aromatic carbocycles. The molecule has 10 atom stereocenters. The highest BCUT2D eigenvalue weighted by Gasteiger charge is 2.68. The molecule has 5 aliphatic rings. The molecular weight excluding hydrogens is 356 g/mol. The molecule has 1 aliphatic heterocycles. The molecule has 4 aliphatic carbocycles. The smallest absolute Gasteiger partial charge is 0.306 e. The zero-order valence-corrected chi connectivity index (χ0v) is 17.3. The van der Waals surface area contributed by atoms with Crippen LogP contribution in [0.2, 0.25) is 0 Å². The minimum Gasteiger partial charge on any atom is -0.465 e. The van der Waals surface area contributed by atoms with Crippen LogP contribution in [-0.4, -0.2) is 45.7 Å². The van der Waals surface area contributed by atoms with E-state index in [0.29, 0.717) is 43.6 Å². The van der Waals surface area contributed by atoms with Crippen LogP contribution in [-0.2, 0) is 9.53 Å². The van der Waals surface area contributed by atoms with E-state index < -0.39 is 17.8 Å². The summed E-state index contributed by atoms with van der Waals surface area (Å²) in [7, 11) is 0. The van der Waals surface area contributed by atoms with Crippen molar-refractivity contribution >= 4 is 5.97 Å². The van der Waals surface area contributed by atoms with Crippen LogP contribution in [0.3, 0.4) is 0 Å². The van der Waals surface area contributed by atoms with Gasteiger partial charge in [-0.1, -0.05) is 13.8 Å². The van der Waals surface area contributed by atoms with Gasteiger partial charge in [0.15, 0.2) is 0 Å². The Hall–Kier alpha value is -0.650. The predicted molar refractivity (Wildman–Crippen MR) is 103 cm³/mol. The molecule has 5 heteroatoms. The second-order valence-corrected chi connectivity index (χ2v) is 11.2. The highest BCUT2D eigenvalue weighted by molar-refractivity contribution is 5.71. The van der Waals surface area contributed by atoms with Gasteiger partial charge >= 0.3 is 5.97 Å². The summed E-state index contributed by atoms with van der Waals surface area (Å²) in [5.74, 6) is 1.64. The average Bonchev–Trinajstić information content (AvgIpc) is 3.17. The van der Waals surface area contributed by atoms with Crippen LogP contribution in [0.25, 0.3) is 0 Å². The maximum atomic E-state index is 12.1. The Bertz CT molecular complexity index is 665. The van der Waals surface area contributed by atoms with Gasteiger partial charge in [0.25, 0.3) is 0 Å². The molecule has 5 rings (SSSR count). The maximum absolute atomic E-state index is 12.1. The van der Waals surface area contributed by atoms with Crippen LogP contribution in [0.1, 0.15) is 71.6 Å². The first-order valence-corrected chi connectivity index (χ1v) is 11.4. The van der Waals surface area contributed by atoms with Crippen LogP contribution in [0.4, 0.5) is 0 Å². The molecule has 1 saturated heterocycles. The topological polar surface area (TPSA) is 87.0 Å². The van der Waals surface area contributed by atoms with E-state index in [2.05, 4.69) is 13.8 Å². The molecule has 0 amide bonds. The van der Waals surface area contributed by atoms with Crippen molar-refractivity contribution in [1.82, 2.24) is 0 Å². The lowest BCUT2D eigenvalue weighted by atomic mass is 9.43. The number of aliphatic hydroxyl groups is 3. The number of carbonyl (C=O) groups excluding carboxylic acids is 1. The Morgan fingerprint density at radius 1 is 0.964 bits per heavy atom. The van der Waals surface area contributed by atoms with Gasteiger partial charge in [0.05, 0.1) is 30.8 Å². The van der Waals surface area contributed by atoms with E-state index in [9.17, 15) is 20.1 Å². The van der Waals surface area contributed by atoms with Crippen molar-refractivity contribution < 1.29 is 24.9 Å². The fourth-order valence-corrected chi connectivity index (χ4v) is 8.83. The number of hydrogen-bond donors (Lipinski definition) is 3. The van der Waals surface area contributed by atoms with Gasteiger partial charge in [-0.05, 0) is 85.9 Å². The third kappa shape index (κ3) is 2.39. The highest BCUT2D eigenvalue weighted by atomic mass is 16.5. The van der Waals surface area contributed by atoms with Gasteiger partial charge in [0, 0.05) is 5.92 Å². The summed E-state index contributed by atoms with van der Waals surface area (Å²) in [5.41, 5.74) is -0.826. The summed E-state index contributed by atoms with van der Waals surface area (Å²) >= 11 is 0. The standard InChI is InChI=1S/C23H36O5/c1-21-11-19(25)18(24)10-14(21)3-4-17-16(21)5-7-22(2)15(6-8-23(17,22)27)13-9-20(26)28-12-13/h13-19,24-25,27H,3-12H2,1-2H3. The average molecular weight is 393 g/mol. The minimum absolute atomic E-state index is 0.00312. The molecule has 0 aromatic rings. The van der Waals surface area contributed by atoms with Crippen molar-refractivity contribution in [2.24, 2.45) is 40.4 Å². The zero-order chi connectivity index (χ0) is 19.9. The maximum Gasteiger partial charge on any atom is 0.306 e. The lowest BCUT2D eigenvalue weighted by Gasteiger charge is -2.64. The second kappa shape index (κ2) is 6.18. The number of hydrogen-bond acceptors (Lipinski definition) is 5. The zero-order valence-electron chi connectivity index (χ0n) is 17.3. The quantitative estimate of drug-likeness (QED) is 0.597. The largest absolute Gasteiger partial charge is 0.465 e. The first-order valence-electron chi connectivity index (χ1n) is 11.4. The number of aliphatic hydroxyl groups excluding tert-OH is 2. The molecule has 158 valence electrons. The summed E-state index contributed by atoms with van der Waals surface area (Å²) in [5, 5.41) is 32.8. The van der Waals surface area contributed by atoms with Gasteiger partial charge in [-0.15, -0.1) is 0 Å². The van der Waals surface area contributed by atoms with Crippen molar-refractivity contribution in [3.05, 3.63) is 0 Å². The van der Waals surface area contributed by atoms with Crippen molar-refractivity contribution in [2.45, 2.75) is 89.4 Å². The number of fused-ring (bicyclic) bond motifs is 5. The molecule has 0 radical (unpaired) electrons. The van der Waals surface area contributed by atoms with E-state index in [1.807, 2.05) is 0 Å². The van der Waals surface area contributed by atoms with Crippen molar-refractivity contribution in [3.63, 3.8) is 0 Å². The van der Waals surface area contributed by atoms with Crippen LogP contribution in [0.15, 0.2) is 0 Å². The fraction of sp³-hybridized carbons (Fsp3) is 0.957. The lowest BCUT2D eigenvalue weighted by molar-refractivity contribution is -0.222. The summed E-state index contributed by atoms with van der Waals surface area (Å²) < 4.78 is 5.28. The Labute approximate surface area is 167 Å². The van der Waals surface area contributed by atoms with Crippen molar-refractivity contribution in [2.75, 3.05) is 6.61 Å². The van der Waals surface area contributed by atoms with Crippen molar-refractivity contribution in [3.8, 4) is 0 Å². The highest BCUT2D eigenvalue weighted by Crippen LogP contribution is 2.70. The van der Waals surface area contributed by atoms with E-state index in [1.165, 1.54) is 0 Å². The molecule has 10 unspecified atom stereocenters. The Balaban J connectivity index is 1.44. The molecule has 28 heavy (non-hydrogen) atoms. The van der Waals surface area contributed by atoms with Crippen LogP contribution >= 0.6 is 0 Å². The van der Waals surface area contributed by atoms with E-state index in [0.717, 1.165) is 38.5 Å².